The summed E-state index contributed by atoms with van der Waals surface area (Å²) in [6.45, 7) is 12.4. The maximum absolute atomic E-state index is 12.9. The zero-order chi connectivity index (χ0) is 16.9. The van der Waals surface area contributed by atoms with Gasteiger partial charge in [0, 0.05) is 10.7 Å². The zero-order valence-corrected chi connectivity index (χ0v) is 19.1. The summed E-state index contributed by atoms with van der Waals surface area (Å²) in [6.07, 6.45) is 0. The fourth-order valence-corrected chi connectivity index (χ4v) is 5.07. The van der Waals surface area contributed by atoms with Crippen molar-refractivity contribution in [1.29, 1.82) is 0 Å². The van der Waals surface area contributed by atoms with Gasteiger partial charge < -0.3 is 0 Å². The summed E-state index contributed by atoms with van der Waals surface area (Å²) < 4.78 is 28.4. The van der Waals surface area contributed by atoms with Crippen LogP contribution in [0.4, 0.5) is 0 Å². The summed E-state index contributed by atoms with van der Waals surface area (Å²) in [5.41, 5.74) is -0.384. The van der Waals surface area contributed by atoms with Crippen LogP contribution in [-0.2, 0) is 18.1 Å². The van der Waals surface area contributed by atoms with E-state index in [4.69, 9.17) is 13.6 Å². The number of hydrogen-bond acceptors (Lipinski definition) is 4. The molecule has 0 atom stereocenters. The number of hydrogen-bond donors (Lipinski definition) is 0. The molecule has 21 heavy (non-hydrogen) atoms. The molecule has 0 aromatic heterocycles. The molecule has 0 heterocycles. The Kier molecular flexibility index (Phi) is 9.82. The van der Waals surface area contributed by atoms with Crippen molar-refractivity contribution >= 4 is 55.6 Å². The molecule has 0 aliphatic heterocycles. The number of phosphoric ester groups is 1. The van der Waals surface area contributed by atoms with Gasteiger partial charge in [0.15, 0.2) is 3.42 Å². The maximum Gasteiger partial charge on any atom is 0.476 e. The molecule has 0 saturated carbocycles. The van der Waals surface area contributed by atoms with Crippen LogP contribution in [0, 0.1) is 17.3 Å². The Morgan fingerprint density at radius 3 is 1.67 bits per heavy atom. The second-order valence-electron chi connectivity index (χ2n) is 6.45. The van der Waals surface area contributed by atoms with Gasteiger partial charge in [-0.15, -0.1) is 0 Å². The van der Waals surface area contributed by atoms with Crippen molar-refractivity contribution in [1.82, 2.24) is 0 Å². The van der Waals surface area contributed by atoms with E-state index in [1.807, 2.05) is 41.5 Å². The van der Waals surface area contributed by atoms with Gasteiger partial charge in [0.05, 0.1) is 13.2 Å². The highest BCUT2D eigenvalue weighted by Gasteiger charge is 2.48. The van der Waals surface area contributed by atoms with Crippen LogP contribution in [0.25, 0.3) is 0 Å². The Bertz CT molecular complexity index is 343. The normalized spacial score (nSPS) is 14.2. The quantitative estimate of drug-likeness (QED) is 0.252. The molecule has 0 amide bonds. The van der Waals surface area contributed by atoms with Gasteiger partial charge in [0.1, 0.15) is 0 Å². The van der Waals surface area contributed by atoms with Crippen LogP contribution in [-0.4, -0.2) is 22.0 Å². The Morgan fingerprint density at radius 1 is 1.00 bits per heavy atom. The average molecular weight is 517 g/mol. The summed E-state index contributed by atoms with van der Waals surface area (Å²) in [5, 5.41) is 0.630. The highest BCUT2D eigenvalue weighted by atomic mass is 79.9. The minimum atomic E-state index is -3.67. The maximum atomic E-state index is 12.9. The lowest BCUT2D eigenvalue weighted by Crippen LogP contribution is -2.37. The van der Waals surface area contributed by atoms with Crippen LogP contribution in [0.5, 0.6) is 0 Å². The summed E-state index contributed by atoms with van der Waals surface area (Å²) in [5.74, 6) is 0.461. The largest absolute Gasteiger partial charge is 0.476 e. The molecule has 0 saturated heterocycles. The van der Waals surface area contributed by atoms with Crippen molar-refractivity contribution in [3.63, 3.8) is 0 Å². The molecule has 0 radical (unpaired) electrons. The standard InChI is InChI=1S/C13H26Br3O4P/c1-10(2)7-18-21(17,19-8-11(3)4)20-13(15,16)12(5,6)9-14/h10-11H,7-9H2,1-6H3. The first-order valence-electron chi connectivity index (χ1n) is 6.89. The highest BCUT2D eigenvalue weighted by Crippen LogP contribution is 2.60. The molecule has 0 spiro atoms. The van der Waals surface area contributed by atoms with Crippen LogP contribution in [0.3, 0.4) is 0 Å². The summed E-state index contributed by atoms with van der Waals surface area (Å²) in [4.78, 5) is 0. The van der Waals surface area contributed by atoms with E-state index in [0.717, 1.165) is 0 Å². The van der Waals surface area contributed by atoms with E-state index in [2.05, 4.69) is 47.8 Å². The van der Waals surface area contributed by atoms with Crippen LogP contribution in [0.1, 0.15) is 41.5 Å². The van der Waals surface area contributed by atoms with Crippen molar-refractivity contribution < 1.29 is 18.1 Å². The molecule has 0 N–H and O–H groups in total. The molecule has 0 aliphatic rings. The molecule has 0 aliphatic carbocycles. The van der Waals surface area contributed by atoms with Crippen LogP contribution in [0.15, 0.2) is 0 Å². The van der Waals surface area contributed by atoms with Crippen molar-refractivity contribution in [3.8, 4) is 0 Å². The summed E-state index contributed by atoms with van der Waals surface area (Å²) in [7, 11) is -3.67. The minimum absolute atomic E-state index is 0.230. The third-order valence-electron chi connectivity index (χ3n) is 2.48. The molecular weight excluding hydrogens is 491 g/mol. The molecule has 0 aromatic rings. The lowest BCUT2D eigenvalue weighted by molar-refractivity contribution is 0.0529. The third kappa shape index (κ3) is 8.27. The van der Waals surface area contributed by atoms with Crippen LogP contribution >= 0.6 is 55.6 Å². The predicted octanol–water partition coefficient (Wildman–Crippen LogP) is 6.32. The van der Waals surface area contributed by atoms with Crippen molar-refractivity contribution in [2.45, 2.75) is 45.0 Å². The van der Waals surface area contributed by atoms with Gasteiger partial charge in [-0.1, -0.05) is 57.5 Å². The zero-order valence-electron chi connectivity index (χ0n) is 13.5. The Hall–Kier alpha value is 1.55. The van der Waals surface area contributed by atoms with Crippen LogP contribution in [0.2, 0.25) is 0 Å². The predicted molar refractivity (Wildman–Crippen MR) is 98.4 cm³/mol. The summed E-state index contributed by atoms with van der Waals surface area (Å²) in [6, 6.07) is 0. The van der Waals surface area contributed by atoms with Gasteiger partial charge in [-0.3, -0.25) is 13.6 Å². The van der Waals surface area contributed by atoms with E-state index in [0.29, 0.717) is 18.5 Å². The molecule has 0 rings (SSSR count). The fraction of sp³-hybridized carbons (Fsp3) is 1.00. The molecule has 128 valence electrons. The van der Waals surface area contributed by atoms with E-state index in [-0.39, 0.29) is 17.3 Å². The Balaban J connectivity index is 5.08. The summed E-state index contributed by atoms with van der Waals surface area (Å²) >= 11 is 10.3. The van der Waals surface area contributed by atoms with E-state index < -0.39 is 11.2 Å². The molecule has 0 unspecified atom stereocenters. The average Bonchev–Trinajstić information content (AvgIpc) is 2.33. The second-order valence-corrected chi connectivity index (χ2v) is 11.9. The van der Waals surface area contributed by atoms with Gasteiger partial charge in [-0.2, -0.15) is 0 Å². The number of alkyl halides is 3. The number of rotatable bonds is 10. The minimum Gasteiger partial charge on any atom is -0.287 e. The van der Waals surface area contributed by atoms with E-state index in [1.165, 1.54) is 0 Å². The SMILES string of the molecule is CC(C)COP(=O)(OCC(C)C)OC(Br)(Br)C(C)(C)CBr. The monoisotopic (exact) mass is 514 g/mol. The van der Waals surface area contributed by atoms with E-state index >= 15 is 0 Å². The van der Waals surface area contributed by atoms with Gasteiger partial charge >= 0.3 is 7.82 Å². The first-order chi connectivity index (χ1) is 9.35. The molecule has 0 bridgehead atoms. The first-order valence-corrected chi connectivity index (χ1v) is 11.1. The number of halogens is 3. The lowest BCUT2D eigenvalue weighted by Gasteiger charge is -2.37. The first kappa shape index (κ1) is 22.6. The molecule has 8 heteroatoms. The second kappa shape index (κ2) is 9.14. The highest BCUT2D eigenvalue weighted by molar-refractivity contribution is 9.25. The fourth-order valence-electron chi connectivity index (χ4n) is 0.912. The Labute approximate surface area is 154 Å². The molecular formula is C13H26Br3O4P. The number of phosphoric acid groups is 1. The molecule has 0 fully saturated rings. The Morgan fingerprint density at radius 2 is 1.38 bits per heavy atom. The van der Waals surface area contributed by atoms with Crippen LogP contribution < -0.4 is 0 Å². The van der Waals surface area contributed by atoms with Gasteiger partial charge in [0.2, 0.25) is 0 Å². The van der Waals surface area contributed by atoms with Crippen molar-refractivity contribution in [3.05, 3.63) is 0 Å². The van der Waals surface area contributed by atoms with Gasteiger partial charge in [0.25, 0.3) is 0 Å². The topological polar surface area (TPSA) is 44.8 Å². The third-order valence-corrected chi connectivity index (χ3v) is 8.28. The molecule has 4 nitrogen and oxygen atoms in total. The van der Waals surface area contributed by atoms with Crippen molar-refractivity contribution in [2.24, 2.45) is 17.3 Å². The van der Waals surface area contributed by atoms with Crippen molar-refractivity contribution in [2.75, 3.05) is 18.5 Å². The van der Waals surface area contributed by atoms with E-state index in [9.17, 15) is 4.57 Å². The van der Waals surface area contributed by atoms with E-state index in [1.54, 1.807) is 0 Å². The van der Waals surface area contributed by atoms with Gasteiger partial charge in [-0.25, -0.2) is 4.57 Å². The smallest absolute Gasteiger partial charge is 0.287 e. The van der Waals surface area contributed by atoms with Gasteiger partial charge in [-0.05, 0) is 43.7 Å². The molecule has 0 aromatic carbocycles. The lowest BCUT2D eigenvalue weighted by atomic mass is 9.98.